The SMILES string of the molecule is Cc1ccc(N2Sc3ccccc3N(Cc3ccccc3C)C2=O)cc1Cl. The van der Waals surface area contributed by atoms with Crippen molar-refractivity contribution in [1.82, 2.24) is 0 Å². The number of fused-ring (bicyclic) bond motifs is 1. The van der Waals surface area contributed by atoms with Crippen molar-refractivity contribution < 1.29 is 4.79 Å². The molecule has 0 unspecified atom stereocenters. The Morgan fingerprint density at radius 1 is 0.926 bits per heavy atom. The van der Waals surface area contributed by atoms with Crippen LogP contribution >= 0.6 is 23.5 Å². The van der Waals surface area contributed by atoms with Crippen LogP contribution in [0.2, 0.25) is 5.02 Å². The van der Waals surface area contributed by atoms with E-state index in [0.29, 0.717) is 11.6 Å². The molecule has 3 aromatic carbocycles. The van der Waals surface area contributed by atoms with Crippen LogP contribution in [0.4, 0.5) is 16.2 Å². The number of aryl methyl sites for hydroxylation is 2. The van der Waals surface area contributed by atoms with E-state index < -0.39 is 0 Å². The average Bonchev–Trinajstić information content (AvgIpc) is 2.67. The fraction of sp³-hybridized carbons (Fsp3) is 0.136. The summed E-state index contributed by atoms with van der Waals surface area (Å²) in [6, 6.07) is 21.8. The van der Waals surface area contributed by atoms with Gasteiger partial charge in [-0.2, -0.15) is 0 Å². The van der Waals surface area contributed by atoms with E-state index in [2.05, 4.69) is 19.1 Å². The number of amides is 2. The highest BCUT2D eigenvalue weighted by atomic mass is 35.5. The third kappa shape index (κ3) is 3.43. The van der Waals surface area contributed by atoms with Gasteiger partial charge in [-0.05, 0) is 66.8 Å². The van der Waals surface area contributed by atoms with Gasteiger partial charge in [0.25, 0.3) is 0 Å². The lowest BCUT2D eigenvalue weighted by molar-refractivity contribution is 0.254. The summed E-state index contributed by atoms with van der Waals surface area (Å²) >= 11 is 7.74. The highest BCUT2D eigenvalue weighted by Crippen LogP contribution is 2.42. The molecule has 3 aromatic rings. The standard InChI is InChI=1S/C22H19ClN2OS/c1-15-7-3-4-8-17(15)14-24-20-9-5-6-10-21(20)27-25(22(24)26)18-12-11-16(2)19(23)13-18/h3-13H,14H2,1-2H3. The summed E-state index contributed by atoms with van der Waals surface area (Å²) in [5, 5.41) is 0.658. The van der Waals surface area contributed by atoms with Gasteiger partial charge in [-0.3, -0.25) is 4.90 Å². The molecule has 0 aliphatic carbocycles. The van der Waals surface area contributed by atoms with Gasteiger partial charge in [0.1, 0.15) is 0 Å². The first-order chi connectivity index (χ1) is 13.0. The van der Waals surface area contributed by atoms with Crippen LogP contribution in [-0.2, 0) is 6.54 Å². The van der Waals surface area contributed by atoms with Gasteiger partial charge >= 0.3 is 6.03 Å². The largest absolute Gasteiger partial charge is 0.339 e. The number of benzene rings is 3. The molecular formula is C22H19ClN2OS. The molecule has 0 aromatic heterocycles. The normalized spacial score (nSPS) is 13.7. The smallest absolute Gasteiger partial charge is 0.288 e. The lowest BCUT2D eigenvalue weighted by Crippen LogP contribution is -2.43. The van der Waals surface area contributed by atoms with E-state index in [1.165, 1.54) is 17.5 Å². The minimum Gasteiger partial charge on any atom is -0.288 e. The maximum absolute atomic E-state index is 13.4. The monoisotopic (exact) mass is 394 g/mol. The second-order valence-electron chi connectivity index (χ2n) is 6.58. The van der Waals surface area contributed by atoms with Crippen LogP contribution < -0.4 is 9.21 Å². The first-order valence-electron chi connectivity index (χ1n) is 8.74. The number of nitrogens with zero attached hydrogens (tertiary/aromatic N) is 2. The number of para-hydroxylation sites is 1. The molecular weight excluding hydrogens is 376 g/mol. The van der Waals surface area contributed by atoms with Crippen molar-refractivity contribution in [2.24, 2.45) is 0 Å². The van der Waals surface area contributed by atoms with E-state index >= 15 is 0 Å². The van der Waals surface area contributed by atoms with Crippen LogP contribution in [-0.4, -0.2) is 6.03 Å². The minimum atomic E-state index is -0.0677. The van der Waals surface area contributed by atoms with Crippen LogP contribution in [0, 0.1) is 13.8 Å². The lowest BCUT2D eigenvalue weighted by Gasteiger charge is -2.36. The van der Waals surface area contributed by atoms with Gasteiger partial charge in [0.2, 0.25) is 0 Å². The molecule has 1 heterocycles. The first kappa shape index (κ1) is 18.0. The zero-order valence-electron chi connectivity index (χ0n) is 15.1. The Hall–Kier alpha value is -2.43. The molecule has 136 valence electrons. The topological polar surface area (TPSA) is 23.6 Å². The molecule has 4 rings (SSSR count). The Balaban J connectivity index is 1.76. The summed E-state index contributed by atoms with van der Waals surface area (Å²) in [6.45, 7) is 4.55. The highest BCUT2D eigenvalue weighted by Gasteiger charge is 2.32. The maximum atomic E-state index is 13.4. The summed E-state index contributed by atoms with van der Waals surface area (Å²) < 4.78 is 1.71. The molecule has 2 amide bonds. The van der Waals surface area contributed by atoms with E-state index in [0.717, 1.165) is 27.4 Å². The van der Waals surface area contributed by atoms with E-state index in [1.807, 2.05) is 66.4 Å². The minimum absolute atomic E-state index is 0.0677. The summed E-state index contributed by atoms with van der Waals surface area (Å²) in [6.07, 6.45) is 0. The van der Waals surface area contributed by atoms with Crippen molar-refractivity contribution in [3.8, 4) is 0 Å². The second kappa shape index (κ2) is 7.29. The third-order valence-corrected chi connectivity index (χ3v) is 6.23. The fourth-order valence-electron chi connectivity index (χ4n) is 3.09. The van der Waals surface area contributed by atoms with Gasteiger partial charge in [-0.25, -0.2) is 9.10 Å². The first-order valence-corrected chi connectivity index (χ1v) is 9.89. The molecule has 1 aliphatic heterocycles. The number of hydrogen-bond donors (Lipinski definition) is 0. The molecule has 0 spiro atoms. The Bertz CT molecular complexity index is 1020. The molecule has 5 heteroatoms. The number of rotatable bonds is 3. The molecule has 0 atom stereocenters. The molecule has 3 nitrogen and oxygen atoms in total. The van der Waals surface area contributed by atoms with E-state index in [1.54, 1.807) is 4.31 Å². The summed E-state index contributed by atoms with van der Waals surface area (Å²) in [7, 11) is 0. The average molecular weight is 395 g/mol. The van der Waals surface area contributed by atoms with Crippen molar-refractivity contribution in [3.05, 3.63) is 88.4 Å². The van der Waals surface area contributed by atoms with Gasteiger partial charge in [0.05, 0.1) is 22.8 Å². The summed E-state index contributed by atoms with van der Waals surface area (Å²) in [5.74, 6) is 0. The number of hydrogen-bond acceptors (Lipinski definition) is 2. The lowest BCUT2D eigenvalue weighted by atomic mass is 10.1. The number of carbonyl (C=O) groups excluding carboxylic acids is 1. The Labute approximate surface area is 168 Å². The molecule has 1 aliphatic rings. The molecule has 0 fully saturated rings. The van der Waals surface area contributed by atoms with Gasteiger partial charge in [-0.1, -0.05) is 54.1 Å². The molecule has 0 bridgehead atoms. The maximum Gasteiger partial charge on any atom is 0.339 e. The summed E-state index contributed by atoms with van der Waals surface area (Å²) in [5.41, 5.74) is 5.02. The van der Waals surface area contributed by atoms with Crippen molar-refractivity contribution in [3.63, 3.8) is 0 Å². The van der Waals surface area contributed by atoms with Gasteiger partial charge in [-0.15, -0.1) is 0 Å². The van der Waals surface area contributed by atoms with Crippen molar-refractivity contribution >= 4 is 41.0 Å². The van der Waals surface area contributed by atoms with Gasteiger partial charge < -0.3 is 0 Å². The molecule has 27 heavy (non-hydrogen) atoms. The Morgan fingerprint density at radius 2 is 1.67 bits per heavy atom. The zero-order valence-corrected chi connectivity index (χ0v) is 16.7. The highest BCUT2D eigenvalue weighted by molar-refractivity contribution is 8.01. The molecule has 0 radical (unpaired) electrons. The van der Waals surface area contributed by atoms with Crippen molar-refractivity contribution in [2.75, 3.05) is 9.21 Å². The molecule has 0 saturated heterocycles. The van der Waals surface area contributed by atoms with Crippen LogP contribution in [0.5, 0.6) is 0 Å². The Morgan fingerprint density at radius 3 is 2.44 bits per heavy atom. The zero-order chi connectivity index (χ0) is 19.0. The van der Waals surface area contributed by atoms with Crippen molar-refractivity contribution in [1.29, 1.82) is 0 Å². The predicted molar refractivity (Wildman–Crippen MR) is 114 cm³/mol. The fourth-order valence-corrected chi connectivity index (χ4v) is 4.27. The number of carbonyl (C=O) groups is 1. The predicted octanol–water partition coefficient (Wildman–Crippen LogP) is 6.61. The van der Waals surface area contributed by atoms with E-state index in [-0.39, 0.29) is 6.03 Å². The van der Waals surface area contributed by atoms with Crippen LogP contribution in [0.15, 0.2) is 71.6 Å². The molecule has 0 N–H and O–H groups in total. The second-order valence-corrected chi connectivity index (χ2v) is 7.98. The number of halogens is 1. The number of anilines is 2. The van der Waals surface area contributed by atoms with Crippen LogP contribution in [0.3, 0.4) is 0 Å². The number of urea groups is 1. The van der Waals surface area contributed by atoms with Crippen LogP contribution in [0.1, 0.15) is 16.7 Å². The summed E-state index contributed by atoms with van der Waals surface area (Å²) in [4.78, 5) is 16.3. The quantitative estimate of drug-likeness (QED) is 0.466. The molecule has 0 saturated carbocycles. The van der Waals surface area contributed by atoms with E-state index in [9.17, 15) is 4.79 Å². The van der Waals surface area contributed by atoms with Crippen LogP contribution in [0.25, 0.3) is 0 Å². The third-order valence-electron chi connectivity index (χ3n) is 4.73. The van der Waals surface area contributed by atoms with Gasteiger partial charge in [0, 0.05) is 5.02 Å². The van der Waals surface area contributed by atoms with Crippen molar-refractivity contribution in [2.45, 2.75) is 25.3 Å². The van der Waals surface area contributed by atoms with Gasteiger partial charge in [0.15, 0.2) is 0 Å². The Kier molecular flexibility index (Phi) is 4.85. The van der Waals surface area contributed by atoms with E-state index in [4.69, 9.17) is 11.6 Å².